The molecule has 2 rings (SSSR count). The van der Waals surface area contributed by atoms with Crippen molar-refractivity contribution in [3.05, 3.63) is 30.3 Å². The maximum absolute atomic E-state index is 12.1. The minimum atomic E-state index is -3.38. The van der Waals surface area contributed by atoms with Crippen LogP contribution in [-0.2, 0) is 14.6 Å². The fourth-order valence-electron chi connectivity index (χ4n) is 2.15. The van der Waals surface area contributed by atoms with Gasteiger partial charge in [0.2, 0.25) is 5.91 Å². The van der Waals surface area contributed by atoms with E-state index in [1.807, 2.05) is 6.07 Å². The van der Waals surface area contributed by atoms with Crippen molar-refractivity contribution in [1.29, 1.82) is 0 Å². The zero-order chi connectivity index (χ0) is 13.7. The Bertz CT molecular complexity index is 522. The number of amides is 1. The summed E-state index contributed by atoms with van der Waals surface area (Å²) < 4.78 is 24.2. The second kappa shape index (κ2) is 6.16. The van der Waals surface area contributed by atoms with Crippen LogP contribution in [0.3, 0.4) is 0 Å². The Hall–Kier alpha value is -1.40. The van der Waals surface area contributed by atoms with E-state index in [-0.39, 0.29) is 0 Å². The molecule has 1 amide bonds. The molecule has 104 valence electrons. The highest BCUT2D eigenvalue weighted by Gasteiger charge is 2.29. The van der Waals surface area contributed by atoms with Crippen LogP contribution in [0, 0.1) is 0 Å². The van der Waals surface area contributed by atoms with Gasteiger partial charge in [-0.2, -0.15) is 0 Å². The number of anilines is 1. The van der Waals surface area contributed by atoms with Crippen LogP contribution in [0.1, 0.15) is 12.8 Å². The van der Waals surface area contributed by atoms with Crippen LogP contribution in [0.25, 0.3) is 0 Å². The first-order valence-corrected chi connectivity index (χ1v) is 8.07. The highest BCUT2D eigenvalue weighted by Crippen LogP contribution is 2.13. The predicted octanol–water partition coefficient (Wildman–Crippen LogP) is 0.792. The van der Waals surface area contributed by atoms with Gasteiger partial charge in [-0.3, -0.25) is 4.79 Å². The Morgan fingerprint density at radius 3 is 2.68 bits per heavy atom. The SMILES string of the molecule is O=C(CS(=O)(=O)C1CCCNC1)Nc1ccccc1. The summed E-state index contributed by atoms with van der Waals surface area (Å²) in [7, 11) is -3.38. The molecule has 2 N–H and O–H groups in total. The zero-order valence-electron chi connectivity index (χ0n) is 10.6. The molecule has 1 aromatic rings. The lowest BCUT2D eigenvalue weighted by Crippen LogP contribution is -2.41. The summed E-state index contributed by atoms with van der Waals surface area (Å²) in [5, 5.41) is 5.21. The number of benzene rings is 1. The van der Waals surface area contributed by atoms with Gasteiger partial charge in [0.15, 0.2) is 9.84 Å². The lowest BCUT2D eigenvalue weighted by molar-refractivity contribution is -0.113. The van der Waals surface area contributed by atoms with Crippen LogP contribution in [0.2, 0.25) is 0 Å². The van der Waals surface area contributed by atoms with Crippen molar-refractivity contribution in [2.75, 3.05) is 24.2 Å². The summed E-state index contributed by atoms with van der Waals surface area (Å²) in [5.41, 5.74) is 0.615. The van der Waals surface area contributed by atoms with Crippen LogP contribution in [0.5, 0.6) is 0 Å². The zero-order valence-corrected chi connectivity index (χ0v) is 11.4. The van der Waals surface area contributed by atoms with Gasteiger partial charge in [-0.15, -0.1) is 0 Å². The van der Waals surface area contributed by atoms with Crippen LogP contribution >= 0.6 is 0 Å². The van der Waals surface area contributed by atoms with Gasteiger partial charge in [-0.1, -0.05) is 18.2 Å². The van der Waals surface area contributed by atoms with E-state index in [2.05, 4.69) is 10.6 Å². The number of carbonyl (C=O) groups is 1. The second-order valence-electron chi connectivity index (χ2n) is 4.69. The Morgan fingerprint density at radius 2 is 2.05 bits per heavy atom. The molecule has 0 bridgehead atoms. The number of rotatable bonds is 4. The summed E-state index contributed by atoms with van der Waals surface area (Å²) in [6, 6.07) is 8.86. The van der Waals surface area contributed by atoms with E-state index in [0.717, 1.165) is 13.0 Å². The van der Waals surface area contributed by atoms with Gasteiger partial charge in [-0.05, 0) is 31.5 Å². The van der Waals surface area contributed by atoms with Crippen molar-refractivity contribution in [2.24, 2.45) is 0 Å². The Kier molecular flexibility index (Phi) is 4.55. The number of hydrogen-bond acceptors (Lipinski definition) is 4. The molecule has 1 heterocycles. The molecular formula is C13H18N2O3S. The topological polar surface area (TPSA) is 75.3 Å². The first-order valence-electron chi connectivity index (χ1n) is 6.35. The number of sulfone groups is 1. The van der Waals surface area contributed by atoms with Crippen molar-refractivity contribution in [2.45, 2.75) is 18.1 Å². The van der Waals surface area contributed by atoms with Gasteiger partial charge in [-0.25, -0.2) is 8.42 Å². The van der Waals surface area contributed by atoms with Crippen LogP contribution in [0.15, 0.2) is 30.3 Å². The quantitative estimate of drug-likeness (QED) is 0.856. The third-order valence-electron chi connectivity index (χ3n) is 3.15. The molecule has 1 aliphatic rings. The molecule has 0 saturated carbocycles. The van der Waals surface area contributed by atoms with Crippen molar-refractivity contribution >= 4 is 21.4 Å². The number of carbonyl (C=O) groups excluding carboxylic acids is 1. The highest BCUT2D eigenvalue weighted by atomic mass is 32.2. The van der Waals surface area contributed by atoms with E-state index in [0.29, 0.717) is 18.7 Å². The van der Waals surface area contributed by atoms with Gasteiger partial charge in [0.1, 0.15) is 5.75 Å². The molecule has 1 saturated heterocycles. The van der Waals surface area contributed by atoms with E-state index in [4.69, 9.17) is 0 Å². The van der Waals surface area contributed by atoms with Crippen LogP contribution < -0.4 is 10.6 Å². The molecule has 0 radical (unpaired) electrons. The van der Waals surface area contributed by atoms with Crippen LogP contribution in [-0.4, -0.2) is 38.4 Å². The standard InChI is InChI=1S/C13H18N2O3S/c16-13(15-11-5-2-1-3-6-11)10-19(17,18)12-7-4-8-14-9-12/h1-3,5-6,12,14H,4,7-10H2,(H,15,16). The third-order valence-corrected chi connectivity index (χ3v) is 5.23. The van der Waals surface area contributed by atoms with Gasteiger partial charge >= 0.3 is 0 Å². The van der Waals surface area contributed by atoms with Crippen molar-refractivity contribution in [3.8, 4) is 0 Å². The van der Waals surface area contributed by atoms with E-state index < -0.39 is 26.7 Å². The van der Waals surface area contributed by atoms with Crippen molar-refractivity contribution < 1.29 is 13.2 Å². The smallest absolute Gasteiger partial charge is 0.239 e. The molecule has 6 heteroatoms. The third kappa shape index (κ3) is 4.04. The molecule has 0 aromatic heterocycles. The maximum atomic E-state index is 12.1. The fourth-order valence-corrected chi connectivity index (χ4v) is 3.72. The molecule has 19 heavy (non-hydrogen) atoms. The average Bonchev–Trinajstić information content (AvgIpc) is 2.40. The second-order valence-corrected chi connectivity index (χ2v) is 6.97. The summed E-state index contributed by atoms with van der Waals surface area (Å²) in [4.78, 5) is 11.8. The molecule has 5 nitrogen and oxygen atoms in total. The van der Waals surface area contributed by atoms with Crippen molar-refractivity contribution in [3.63, 3.8) is 0 Å². The Labute approximate surface area is 113 Å². The molecule has 1 atom stereocenters. The van der Waals surface area contributed by atoms with Gasteiger partial charge in [0.25, 0.3) is 0 Å². The number of hydrogen-bond donors (Lipinski definition) is 2. The molecule has 1 fully saturated rings. The van der Waals surface area contributed by atoms with E-state index >= 15 is 0 Å². The first-order chi connectivity index (χ1) is 9.08. The van der Waals surface area contributed by atoms with E-state index in [9.17, 15) is 13.2 Å². The lowest BCUT2D eigenvalue weighted by Gasteiger charge is -2.22. The lowest BCUT2D eigenvalue weighted by atomic mass is 10.2. The monoisotopic (exact) mass is 282 g/mol. The fraction of sp³-hybridized carbons (Fsp3) is 0.462. The summed E-state index contributed by atoms with van der Waals surface area (Å²) in [6.07, 6.45) is 1.47. The number of para-hydroxylation sites is 1. The summed E-state index contributed by atoms with van der Waals surface area (Å²) in [5.74, 6) is -0.925. The van der Waals surface area contributed by atoms with Crippen molar-refractivity contribution in [1.82, 2.24) is 5.32 Å². The van der Waals surface area contributed by atoms with Gasteiger partial charge in [0.05, 0.1) is 5.25 Å². The van der Waals surface area contributed by atoms with E-state index in [1.165, 1.54) is 0 Å². The van der Waals surface area contributed by atoms with Gasteiger partial charge < -0.3 is 10.6 Å². The summed E-state index contributed by atoms with van der Waals surface area (Å²) >= 11 is 0. The molecule has 1 aliphatic heterocycles. The largest absolute Gasteiger partial charge is 0.325 e. The molecule has 0 spiro atoms. The Morgan fingerprint density at radius 1 is 1.32 bits per heavy atom. The first kappa shape index (κ1) is 14.0. The summed E-state index contributed by atoms with van der Waals surface area (Å²) in [6.45, 7) is 1.29. The van der Waals surface area contributed by atoms with Gasteiger partial charge in [0, 0.05) is 12.2 Å². The molecular weight excluding hydrogens is 264 g/mol. The number of piperidine rings is 1. The van der Waals surface area contributed by atoms with Crippen LogP contribution in [0.4, 0.5) is 5.69 Å². The average molecular weight is 282 g/mol. The predicted molar refractivity (Wildman–Crippen MR) is 74.8 cm³/mol. The highest BCUT2D eigenvalue weighted by molar-refractivity contribution is 7.92. The number of nitrogens with one attached hydrogen (secondary N) is 2. The minimum Gasteiger partial charge on any atom is -0.325 e. The maximum Gasteiger partial charge on any atom is 0.239 e. The minimum absolute atomic E-state index is 0.442. The normalized spacial score (nSPS) is 19.9. The molecule has 0 aliphatic carbocycles. The van der Waals surface area contributed by atoms with E-state index in [1.54, 1.807) is 24.3 Å². The molecule has 1 aromatic carbocycles. The molecule has 1 unspecified atom stereocenters. The Balaban J connectivity index is 1.94.